The van der Waals surface area contributed by atoms with Crippen LogP contribution >= 0.6 is 0 Å². The van der Waals surface area contributed by atoms with Gasteiger partial charge in [-0.3, -0.25) is 9.20 Å². The van der Waals surface area contributed by atoms with E-state index in [0.29, 0.717) is 17.0 Å². The molecule has 0 bridgehead atoms. The number of carbonyl (C=O) groups is 1. The number of rotatable bonds is 4. The molecular formula is C18H17FN4O2. The van der Waals surface area contributed by atoms with Crippen LogP contribution in [0.5, 0.6) is 5.75 Å². The zero-order valence-electron chi connectivity index (χ0n) is 13.6. The second kappa shape index (κ2) is 5.77. The molecule has 1 amide bonds. The van der Waals surface area contributed by atoms with E-state index in [0.717, 1.165) is 12.8 Å². The number of imidazole rings is 1. The van der Waals surface area contributed by atoms with Crippen LogP contribution in [0.2, 0.25) is 0 Å². The van der Waals surface area contributed by atoms with Crippen LogP contribution in [0.4, 0.5) is 10.2 Å². The van der Waals surface area contributed by atoms with E-state index in [2.05, 4.69) is 10.3 Å². The molecule has 3 N–H and O–H groups in total. The molecule has 0 saturated heterocycles. The van der Waals surface area contributed by atoms with Crippen LogP contribution in [0.25, 0.3) is 16.8 Å². The number of aromatic nitrogens is 2. The Bertz CT molecular complexity index is 979. The molecule has 0 atom stereocenters. The molecule has 1 saturated carbocycles. The van der Waals surface area contributed by atoms with Crippen molar-refractivity contribution in [3.05, 3.63) is 48.0 Å². The number of carbonyl (C=O) groups excluding carboxylic acids is 1. The molecule has 1 aromatic carbocycles. The third-order valence-electron chi connectivity index (χ3n) is 4.28. The highest BCUT2D eigenvalue weighted by molar-refractivity contribution is 5.99. The molecule has 0 radical (unpaired) electrons. The summed E-state index contributed by atoms with van der Waals surface area (Å²) in [6.45, 7) is 0. The van der Waals surface area contributed by atoms with E-state index in [1.165, 1.54) is 13.2 Å². The summed E-state index contributed by atoms with van der Waals surface area (Å²) in [6.07, 6.45) is 3.63. The Morgan fingerprint density at radius 2 is 2.16 bits per heavy atom. The van der Waals surface area contributed by atoms with Gasteiger partial charge in [0.25, 0.3) is 5.91 Å². The van der Waals surface area contributed by atoms with Crippen molar-refractivity contribution < 1.29 is 13.9 Å². The molecule has 0 unspecified atom stereocenters. The van der Waals surface area contributed by atoms with Crippen molar-refractivity contribution in [1.29, 1.82) is 0 Å². The Labute approximate surface area is 143 Å². The van der Waals surface area contributed by atoms with Crippen molar-refractivity contribution in [1.82, 2.24) is 14.7 Å². The van der Waals surface area contributed by atoms with Gasteiger partial charge in [-0.1, -0.05) is 6.07 Å². The monoisotopic (exact) mass is 340 g/mol. The van der Waals surface area contributed by atoms with Gasteiger partial charge in [-0.2, -0.15) is 0 Å². The number of anilines is 1. The first-order valence-electron chi connectivity index (χ1n) is 8.00. The van der Waals surface area contributed by atoms with Gasteiger partial charge in [0.1, 0.15) is 23.0 Å². The molecule has 2 heterocycles. The summed E-state index contributed by atoms with van der Waals surface area (Å²) in [6, 6.07) is 8.26. The van der Waals surface area contributed by atoms with Crippen LogP contribution in [0.3, 0.4) is 0 Å². The highest BCUT2D eigenvalue weighted by Gasteiger charge is 2.27. The first kappa shape index (κ1) is 15.4. The van der Waals surface area contributed by atoms with E-state index in [9.17, 15) is 9.18 Å². The van der Waals surface area contributed by atoms with Crippen LogP contribution in [0, 0.1) is 5.82 Å². The summed E-state index contributed by atoms with van der Waals surface area (Å²) in [5.41, 5.74) is 7.46. The van der Waals surface area contributed by atoms with Gasteiger partial charge >= 0.3 is 0 Å². The minimum atomic E-state index is -0.432. The second-order valence-corrected chi connectivity index (χ2v) is 6.03. The summed E-state index contributed by atoms with van der Waals surface area (Å²) in [4.78, 5) is 16.7. The highest BCUT2D eigenvalue weighted by atomic mass is 19.1. The highest BCUT2D eigenvalue weighted by Crippen LogP contribution is 2.35. The van der Waals surface area contributed by atoms with E-state index in [1.807, 2.05) is 0 Å². The van der Waals surface area contributed by atoms with Crippen LogP contribution in [0.15, 0.2) is 36.5 Å². The molecule has 3 aromatic rings. The minimum absolute atomic E-state index is 0.148. The molecule has 25 heavy (non-hydrogen) atoms. The molecule has 1 aliphatic carbocycles. The van der Waals surface area contributed by atoms with E-state index >= 15 is 0 Å². The van der Waals surface area contributed by atoms with Gasteiger partial charge in [0.05, 0.1) is 12.7 Å². The standard InChI is InChI=1S/C18H17FN4O2/c1-25-13-6-2-5-12(19)14(13)11-4-3-9-23-16(20)15(22-17(11)23)18(24)21-10-7-8-10/h2-6,9-10H,7-8,20H2,1H3,(H,21,24). The number of methoxy groups -OCH3 is 1. The zero-order valence-corrected chi connectivity index (χ0v) is 13.6. The van der Waals surface area contributed by atoms with E-state index in [-0.39, 0.29) is 29.0 Å². The lowest BCUT2D eigenvalue weighted by atomic mass is 10.1. The number of nitrogens with one attached hydrogen (secondary N) is 1. The van der Waals surface area contributed by atoms with Gasteiger partial charge in [0.15, 0.2) is 5.69 Å². The fraction of sp³-hybridized carbons (Fsp3) is 0.222. The molecule has 0 aliphatic heterocycles. The fourth-order valence-corrected chi connectivity index (χ4v) is 2.87. The normalized spacial score (nSPS) is 13.8. The van der Waals surface area contributed by atoms with Crippen LogP contribution < -0.4 is 15.8 Å². The van der Waals surface area contributed by atoms with E-state index < -0.39 is 5.82 Å². The number of nitrogens with two attached hydrogens (primary N) is 1. The Morgan fingerprint density at radius 1 is 1.36 bits per heavy atom. The molecule has 4 rings (SSSR count). The Balaban J connectivity index is 1.90. The second-order valence-electron chi connectivity index (χ2n) is 6.03. The Morgan fingerprint density at radius 3 is 2.88 bits per heavy atom. The molecule has 2 aromatic heterocycles. The van der Waals surface area contributed by atoms with Gasteiger partial charge in [-0.25, -0.2) is 9.37 Å². The third-order valence-corrected chi connectivity index (χ3v) is 4.28. The average molecular weight is 340 g/mol. The fourth-order valence-electron chi connectivity index (χ4n) is 2.87. The topological polar surface area (TPSA) is 81.6 Å². The SMILES string of the molecule is COc1cccc(F)c1-c1cccn2c(N)c(C(=O)NC3CC3)nc12. The number of nitrogen functional groups attached to an aromatic ring is 1. The van der Waals surface area contributed by atoms with Crippen molar-refractivity contribution in [3.8, 4) is 16.9 Å². The number of hydrogen-bond donors (Lipinski definition) is 2. The number of nitrogens with zero attached hydrogens (tertiary/aromatic N) is 2. The Kier molecular flexibility index (Phi) is 3.56. The molecule has 1 aliphatic rings. The van der Waals surface area contributed by atoms with Crippen molar-refractivity contribution in [2.24, 2.45) is 0 Å². The lowest BCUT2D eigenvalue weighted by Crippen LogP contribution is -2.26. The lowest BCUT2D eigenvalue weighted by Gasteiger charge is -2.10. The first-order valence-corrected chi connectivity index (χ1v) is 8.00. The number of amides is 1. The van der Waals surface area contributed by atoms with Crippen LogP contribution in [-0.4, -0.2) is 28.4 Å². The third kappa shape index (κ3) is 2.57. The molecular weight excluding hydrogens is 323 g/mol. The number of fused-ring (bicyclic) bond motifs is 1. The molecule has 7 heteroatoms. The summed E-state index contributed by atoms with van der Waals surface area (Å²) < 4.78 is 21.3. The van der Waals surface area contributed by atoms with Gasteiger partial charge in [-0.05, 0) is 37.1 Å². The maximum atomic E-state index is 14.5. The quantitative estimate of drug-likeness (QED) is 0.765. The number of ether oxygens (including phenoxy) is 1. The smallest absolute Gasteiger partial charge is 0.273 e. The van der Waals surface area contributed by atoms with Crippen molar-refractivity contribution in [3.63, 3.8) is 0 Å². The van der Waals surface area contributed by atoms with Crippen molar-refractivity contribution >= 4 is 17.4 Å². The maximum absolute atomic E-state index is 14.5. The number of benzene rings is 1. The van der Waals surface area contributed by atoms with Crippen LogP contribution in [0.1, 0.15) is 23.3 Å². The predicted octanol–water partition coefficient (Wildman–Crippen LogP) is 2.62. The minimum Gasteiger partial charge on any atom is -0.496 e. The molecule has 0 spiro atoms. The summed E-state index contributed by atoms with van der Waals surface area (Å²) >= 11 is 0. The first-order chi connectivity index (χ1) is 12.1. The average Bonchev–Trinajstić information content (AvgIpc) is 3.36. The van der Waals surface area contributed by atoms with Crippen molar-refractivity contribution in [2.75, 3.05) is 12.8 Å². The lowest BCUT2D eigenvalue weighted by molar-refractivity contribution is 0.0947. The van der Waals surface area contributed by atoms with Crippen molar-refractivity contribution in [2.45, 2.75) is 18.9 Å². The summed E-state index contributed by atoms with van der Waals surface area (Å²) in [5, 5.41) is 2.87. The van der Waals surface area contributed by atoms with Gasteiger partial charge in [-0.15, -0.1) is 0 Å². The summed E-state index contributed by atoms with van der Waals surface area (Å²) in [7, 11) is 1.48. The number of halogens is 1. The molecule has 6 nitrogen and oxygen atoms in total. The zero-order chi connectivity index (χ0) is 17.6. The molecule has 1 fully saturated rings. The number of hydrogen-bond acceptors (Lipinski definition) is 4. The Hall–Kier alpha value is -3.09. The molecule has 128 valence electrons. The maximum Gasteiger partial charge on any atom is 0.273 e. The van der Waals surface area contributed by atoms with Gasteiger partial charge in [0, 0.05) is 17.8 Å². The van der Waals surface area contributed by atoms with Crippen LogP contribution in [-0.2, 0) is 0 Å². The predicted molar refractivity (Wildman–Crippen MR) is 92.0 cm³/mol. The van der Waals surface area contributed by atoms with Gasteiger partial charge < -0.3 is 15.8 Å². The largest absolute Gasteiger partial charge is 0.496 e. The van der Waals surface area contributed by atoms with E-state index in [4.69, 9.17) is 10.5 Å². The number of pyridine rings is 1. The van der Waals surface area contributed by atoms with E-state index in [1.54, 1.807) is 34.9 Å². The van der Waals surface area contributed by atoms with Gasteiger partial charge in [0.2, 0.25) is 0 Å². The summed E-state index contributed by atoms with van der Waals surface area (Å²) in [5.74, 6) is -0.128.